The highest BCUT2D eigenvalue weighted by Gasteiger charge is 2.22. The first kappa shape index (κ1) is 19.5. The van der Waals surface area contributed by atoms with Crippen LogP contribution in [0.3, 0.4) is 0 Å². The lowest BCUT2D eigenvalue weighted by atomic mass is 10.0. The molecule has 0 bridgehead atoms. The van der Waals surface area contributed by atoms with Crippen molar-refractivity contribution >= 4 is 23.4 Å². The molecule has 0 aliphatic carbocycles. The standard InChI is InChI=1S/C20H20ClNO4/c1-2-25-20(24)17(19(23)16-10-6-7-11-18(16)21)14-22-12-13-26-15-8-4-3-5-9-15/h3-11,14,22H,2,12-13H2,1H3. The van der Waals surface area contributed by atoms with Crippen LogP contribution >= 0.6 is 11.6 Å². The predicted molar refractivity (Wildman–Crippen MR) is 100 cm³/mol. The Balaban J connectivity index is 2.02. The SMILES string of the molecule is CCOC(=O)C(=CNCCOc1ccccc1)C(=O)c1ccccc1Cl. The van der Waals surface area contributed by atoms with Crippen LogP contribution in [0.25, 0.3) is 0 Å². The summed E-state index contributed by atoms with van der Waals surface area (Å²) in [6.45, 7) is 2.63. The molecule has 6 heteroatoms. The van der Waals surface area contributed by atoms with Crippen LogP contribution in [0.2, 0.25) is 5.02 Å². The van der Waals surface area contributed by atoms with Crippen molar-refractivity contribution in [3.8, 4) is 5.75 Å². The Hall–Kier alpha value is -2.79. The number of nitrogens with one attached hydrogen (secondary N) is 1. The van der Waals surface area contributed by atoms with E-state index in [1.54, 1.807) is 31.2 Å². The van der Waals surface area contributed by atoms with Crippen molar-refractivity contribution in [1.82, 2.24) is 5.32 Å². The quantitative estimate of drug-likeness (QED) is 0.181. The Bertz CT molecular complexity index is 774. The predicted octanol–water partition coefficient (Wildman–Crippen LogP) is 3.64. The maximum Gasteiger partial charge on any atom is 0.343 e. The fourth-order valence-corrected chi connectivity index (χ4v) is 2.36. The number of carbonyl (C=O) groups excluding carboxylic acids is 2. The van der Waals surface area contributed by atoms with Gasteiger partial charge >= 0.3 is 5.97 Å². The first-order chi connectivity index (χ1) is 12.6. The summed E-state index contributed by atoms with van der Waals surface area (Å²) in [6.07, 6.45) is 1.35. The van der Waals surface area contributed by atoms with Gasteiger partial charge in [-0.2, -0.15) is 0 Å². The molecule has 0 aliphatic heterocycles. The zero-order valence-electron chi connectivity index (χ0n) is 14.4. The van der Waals surface area contributed by atoms with Gasteiger partial charge in [0.2, 0.25) is 5.78 Å². The van der Waals surface area contributed by atoms with Gasteiger partial charge in [-0.25, -0.2) is 4.79 Å². The molecule has 0 amide bonds. The molecule has 2 rings (SSSR count). The number of esters is 1. The van der Waals surface area contributed by atoms with E-state index in [-0.39, 0.29) is 22.8 Å². The van der Waals surface area contributed by atoms with Crippen LogP contribution in [0.5, 0.6) is 5.75 Å². The molecule has 0 heterocycles. The number of carbonyl (C=O) groups is 2. The number of ketones is 1. The van der Waals surface area contributed by atoms with Gasteiger partial charge in [0, 0.05) is 18.3 Å². The van der Waals surface area contributed by atoms with Crippen LogP contribution in [0.1, 0.15) is 17.3 Å². The van der Waals surface area contributed by atoms with Crippen LogP contribution in [-0.2, 0) is 9.53 Å². The van der Waals surface area contributed by atoms with Crippen LogP contribution in [-0.4, -0.2) is 31.5 Å². The van der Waals surface area contributed by atoms with E-state index in [4.69, 9.17) is 21.1 Å². The molecule has 0 unspecified atom stereocenters. The molecular formula is C20H20ClNO4. The molecule has 5 nitrogen and oxygen atoms in total. The summed E-state index contributed by atoms with van der Waals surface area (Å²) in [4.78, 5) is 24.8. The van der Waals surface area contributed by atoms with Gasteiger partial charge in [-0.3, -0.25) is 4.79 Å². The number of para-hydroxylation sites is 1. The minimum absolute atomic E-state index is 0.111. The normalized spacial score (nSPS) is 10.9. The Morgan fingerprint density at radius 2 is 1.77 bits per heavy atom. The van der Waals surface area contributed by atoms with Crippen molar-refractivity contribution in [3.63, 3.8) is 0 Å². The molecule has 0 fully saturated rings. The van der Waals surface area contributed by atoms with E-state index >= 15 is 0 Å². The highest BCUT2D eigenvalue weighted by atomic mass is 35.5. The number of hydrogen-bond donors (Lipinski definition) is 1. The van der Waals surface area contributed by atoms with Crippen LogP contribution in [0, 0.1) is 0 Å². The highest BCUT2D eigenvalue weighted by molar-refractivity contribution is 6.36. The number of ether oxygens (including phenoxy) is 2. The number of benzene rings is 2. The monoisotopic (exact) mass is 373 g/mol. The van der Waals surface area contributed by atoms with Crippen LogP contribution in [0.4, 0.5) is 0 Å². The minimum atomic E-state index is -0.700. The third kappa shape index (κ3) is 5.63. The first-order valence-electron chi connectivity index (χ1n) is 8.21. The van der Waals surface area contributed by atoms with E-state index in [1.807, 2.05) is 30.3 Å². The molecule has 2 aromatic carbocycles. The summed E-state index contributed by atoms with van der Waals surface area (Å²) >= 11 is 6.06. The average Bonchev–Trinajstić information content (AvgIpc) is 2.65. The second-order valence-electron chi connectivity index (χ2n) is 5.20. The van der Waals surface area contributed by atoms with E-state index in [9.17, 15) is 9.59 Å². The van der Waals surface area contributed by atoms with Gasteiger partial charge in [0.05, 0.1) is 11.6 Å². The third-order valence-electron chi connectivity index (χ3n) is 3.36. The fourth-order valence-electron chi connectivity index (χ4n) is 2.14. The lowest BCUT2D eigenvalue weighted by molar-refractivity contribution is -0.138. The van der Waals surface area contributed by atoms with E-state index in [2.05, 4.69) is 5.32 Å². The van der Waals surface area contributed by atoms with Gasteiger partial charge in [0.1, 0.15) is 17.9 Å². The third-order valence-corrected chi connectivity index (χ3v) is 3.69. The second kappa shape index (κ2) is 10.3. The summed E-state index contributed by atoms with van der Waals surface area (Å²) < 4.78 is 10.5. The van der Waals surface area contributed by atoms with E-state index in [0.717, 1.165) is 5.75 Å². The summed E-state index contributed by atoms with van der Waals surface area (Å²) in [5, 5.41) is 3.19. The zero-order valence-corrected chi connectivity index (χ0v) is 15.2. The molecule has 26 heavy (non-hydrogen) atoms. The number of rotatable bonds is 9. The first-order valence-corrected chi connectivity index (χ1v) is 8.59. The Labute approximate surface area is 157 Å². The zero-order chi connectivity index (χ0) is 18.8. The van der Waals surface area contributed by atoms with Gasteiger partial charge in [-0.15, -0.1) is 0 Å². The summed E-state index contributed by atoms with van der Waals surface area (Å²) in [6, 6.07) is 15.9. The molecule has 0 spiro atoms. The molecule has 0 aliphatic rings. The van der Waals surface area contributed by atoms with E-state index < -0.39 is 11.8 Å². The van der Waals surface area contributed by atoms with E-state index in [0.29, 0.717) is 13.2 Å². The lowest BCUT2D eigenvalue weighted by Gasteiger charge is -2.09. The number of hydrogen-bond acceptors (Lipinski definition) is 5. The lowest BCUT2D eigenvalue weighted by Crippen LogP contribution is -2.22. The molecule has 0 atom stereocenters. The molecule has 0 saturated carbocycles. The van der Waals surface area contributed by atoms with Crippen molar-refractivity contribution in [3.05, 3.63) is 77.0 Å². The molecule has 1 N–H and O–H groups in total. The van der Waals surface area contributed by atoms with Crippen molar-refractivity contribution in [2.24, 2.45) is 0 Å². The summed E-state index contributed by atoms with van der Waals surface area (Å²) in [7, 11) is 0. The largest absolute Gasteiger partial charge is 0.492 e. The molecule has 0 saturated heterocycles. The maximum atomic E-state index is 12.6. The van der Waals surface area contributed by atoms with Crippen LogP contribution < -0.4 is 10.1 Å². The number of Topliss-reactive ketones (excluding diaryl/α,β-unsaturated/α-hetero) is 1. The minimum Gasteiger partial charge on any atom is -0.492 e. The highest BCUT2D eigenvalue weighted by Crippen LogP contribution is 2.19. The smallest absolute Gasteiger partial charge is 0.343 e. The maximum absolute atomic E-state index is 12.6. The van der Waals surface area contributed by atoms with Gasteiger partial charge in [-0.05, 0) is 31.2 Å². The summed E-state index contributed by atoms with van der Waals surface area (Å²) in [5.41, 5.74) is 0.135. The Morgan fingerprint density at radius 1 is 1.08 bits per heavy atom. The van der Waals surface area contributed by atoms with E-state index in [1.165, 1.54) is 6.20 Å². The topological polar surface area (TPSA) is 64.6 Å². The molecular weight excluding hydrogens is 354 g/mol. The van der Waals surface area contributed by atoms with Crippen molar-refractivity contribution in [1.29, 1.82) is 0 Å². The Kier molecular flexibility index (Phi) is 7.71. The van der Waals surface area contributed by atoms with Gasteiger partial charge in [0.25, 0.3) is 0 Å². The second-order valence-corrected chi connectivity index (χ2v) is 5.61. The number of halogens is 1. The van der Waals surface area contributed by atoms with Gasteiger partial charge < -0.3 is 14.8 Å². The molecule has 2 aromatic rings. The Morgan fingerprint density at radius 3 is 2.46 bits per heavy atom. The van der Waals surface area contributed by atoms with Crippen LogP contribution in [0.15, 0.2) is 66.4 Å². The average molecular weight is 374 g/mol. The fraction of sp³-hybridized carbons (Fsp3) is 0.200. The molecule has 0 aromatic heterocycles. The molecule has 136 valence electrons. The molecule has 0 radical (unpaired) electrons. The summed E-state index contributed by atoms with van der Waals surface area (Å²) in [5.74, 6) is -0.449. The van der Waals surface area contributed by atoms with Crippen molar-refractivity contribution < 1.29 is 19.1 Å². The van der Waals surface area contributed by atoms with Gasteiger partial charge in [-0.1, -0.05) is 41.9 Å². The van der Waals surface area contributed by atoms with Crippen molar-refractivity contribution in [2.45, 2.75) is 6.92 Å². The van der Waals surface area contributed by atoms with Crippen molar-refractivity contribution in [2.75, 3.05) is 19.8 Å². The van der Waals surface area contributed by atoms with Gasteiger partial charge in [0.15, 0.2) is 0 Å².